The lowest BCUT2D eigenvalue weighted by atomic mass is 10.2. The second-order valence-corrected chi connectivity index (χ2v) is 7.17. The van der Waals surface area contributed by atoms with Gasteiger partial charge in [-0.3, -0.25) is 4.98 Å². The van der Waals surface area contributed by atoms with Crippen molar-refractivity contribution in [2.75, 3.05) is 12.8 Å². The van der Waals surface area contributed by atoms with Crippen molar-refractivity contribution < 1.29 is 8.42 Å². The van der Waals surface area contributed by atoms with Crippen LogP contribution in [0, 0.1) is 0 Å². The Morgan fingerprint density at radius 3 is 2.71 bits per heavy atom. The molecule has 0 atom stereocenters. The second-order valence-electron chi connectivity index (χ2n) is 4.78. The third kappa shape index (κ3) is 4.52. The summed E-state index contributed by atoms with van der Waals surface area (Å²) in [6, 6.07) is 8.84. The number of halogens is 1. The largest absolute Gasteiger partial charge is 0.312 e. The summed E-state index contributed by atoms with van der Waals surface area (Å²) >= 11 is 6.12. The third-order valence-electron chi connectivity index (χ3n) is 3.09. The van der Waals surface area contributed by atoms with Crippen LogP contribution in [0.5, 0.6) is 0 Å². The molecular weight excluding hydrogens is 308 g/mol. The highest BCUT2D eigenvalue weighted by Crippen LogP contribution is 2.23. The zero-order chi connectivity index (χ0) is 15.3. The van der Waals surface area contributed by atoms with Crippen molar-refractivity contribution in [1.82, 2.24) is 10.3 Å². The van der Waals surface area contributed by atoms with Crippen molar-refractivity contribution >= 4 is 21.4 Å². The fraction of sp³-hybridized carbons (Fsp3) is 0.267. The van der Waals surface area contributed by atoms with Crippen molar-refractivity contribution in [2.24, 2.45) is 0 Å². The lowest BCUT2D eigenvalue weighted by Crippen LogP contribution is -2.18. The van der Waals surface area contributed by atoms with Crippen LogP contribution in [0.15, 0.2) is 47.6 Å². The molecule has 2 rings (SSSR count). The van der Waals surface area contributed by atoms with E-state index in [1.807, 2.05) is 18.3 Å². The van der Waals surface area contributed by atoms with E-state index in [1.54, 1.807) is 24.4 Å². The highest BCUT2D eigenvalue weighted by atomic mass is 35.5. The Labute approximate surface area is 130 Å². The summed E-state index contributed by atoms with van der Waals surface area (Å²) in [7, 11) is -3.28. The number of pyridine rings is 1. The molecular formula is C15H17ClN2O2S. The Hall–Kier alpha value is -1.43. The Morgan fingerprint density at radius 1 is 1.24 bits per heavy atom. The molecule has 2 aromatic rings. The van der Waals surface area contributed by atoms with Crippen LogP contribution in [0.2, 0.25) is 5.02 Å². The number of benzene rings is 1. The summed E-state index contributed by atoms with van der Waals surface area (Å²) < 4.78 is 23.5. The number of sulfone groups is 1. The lowest BCUT2D eigenvalue weighted by Gasteiger charge is -2.11. The number of hydrogen-bond donors (Lipinski definition) is 1. The van der Waals surface area contributed by atoms with E-state index in [4.69, 9.17) is 11.6 Å². The predicted octanol–water partition coefficient (Wildman–Crippen LogP) is 2.47. The molecule has 1 aromatic heterocycles. The van der Waals surface area contributed by atoms with Gasteiger partial charge in [0, 0.05) is 35.8 Å². The first-order valence-electron chi connectivity index (χ1n) is 6.55. The van der Waals surface area contributed by atoms with Gasteiger partial charge in [-0.2, -0.15) is 0 Å². The van der Waals surface area contributed by atoms with Crippen LogP contribution in [0.25, 0.3) is 0 Å². The topological polar surface area (TPSA) is 59.1 Å². The molecule has 0 amide bonds. The molecule has 1 heterocycles. The number of rotatable bonds is 6. The standard InChI is InChI=1S/C15H17ClN2O2S/c1-21(19,20)15-6-2-5-14(16)13(15)11-18-9-7-12-4-3-8-17-10-12/h2-6,8,10,18H,7,9,11H2,1H3. The molecule has 1 N–H and O–H groups in total. The molecule has 0 radical (unpaired) electrons. The van der Waals surface area contributed by atoms with Crippen LogP contribution >= 0.6 is 11.6 Å². The van der Waals surface area contributed by atoms with Crippen LogP contribution < -0.4 is 5.32 Å². The average molecular weight is 325 g/mol. The van der Waals surface area contributed by atoms with Gasteiger partial charge in [-0.25, -0.2) is 8.42 Å². The van der Waals surface area contributed by atoms with Crippen LogP contribution in [-0.4, -0.2) is 26.2 Å². The van der Waals surface area contributed by atoms with Gasteiger partial charge in [-0.05, 0) is 36.7 Å². The molecule has 0 unspecified atom stereocenters. The van der Waals surface area contributed by atoms with E-state index in [0.29, 0.717) is 17.1 Å². The number of hydrogen-bond acceptors (Lipinski definition) is 4. The summed E-state index contributed by atoms with van der Waals surface area (Å²) in [6.45, 7) is 1.14. The summed E-state index contributed by atoms with van der Waals surface area (Å²) in [5, 5.41) is 3.69. The highest BCUT2D eigenvalue weighted by molar-refractivity contribution is 7.90. The van der Waals surface area contributed by atoms with E-state index >= 15 is 0 Å². The maximum atomic E-state index is 11.8. The zero-order valence-electron chi connectivity index (χ0n) is 11.7. The smallest absolute Gasteiger partial charge is 0.175 e. The first kappa shape index (κ1) is 15.9. The van der Waals surface area contributed by atoms with Crippen molar-refractivity contribution in [3.63, 3.8) is 0 Å². The predicted molar refractivity (Wildman–Crippen MR) is 84.2 cm³/mol. The average Bonchev–Trinajstić information content (AvgIpc) is 2.45. The van der Waals surface area contributed by atoms with Gasteiger partial charge in [0.25, 0.3) is 0 Å². The molecule has 112 valence electrons. The molecule has 0 saturated heterocycles. The Bertz CT molecular complexity index is 703. The normalized spacial score (nSPS) is 11.5. The summed E-state index contributed by atoms with van der Waals surface area (Å²) in [5.41, 5.74) is 1.75. The van der Waals surface area contributed by atoms with E-state index in [-0.39, 0.29) is 4.90 Å². The van der Waals surface area contributed by atoms with Gasteiger partial charge in [0.15, 0.2) is 9.84 Å². The van der Waals surface area contributed by atoms with Crippen LogP contribution in [0.1, 0.15) is 11.1 Å². The summed E-state index contributed by atoms with van der Waals surface area (Å²) in [6.07, 6.45) is 5.57. The fourth-order valence-corrected chi connectivity index (χ4v) is 3.30. The molecule has 0 fully saturated rings. The van der Waals surface area contributed by atoms with Gasteiger partial charge in [-0.15, -0.1) is 0 Å². The molecule has 0 saturated carbocycles. The Balaban J connectivity index is 2.00. The molecule has 21 heavy (non-hydrogen) atoms. The van der Waals surface area contributed by atoms with Gasteiger partial charge in [0.1, 0.15) is 0 Å². The van der Waals surface area contributed by atoms with Crippen molar-refractivity contribution in [3.8, 4) is 0 Å². The lowest BCUT2D eigenvalue weighted by molar-refractivity contribution is 0.598. The maximum Gasteiger partial charge on any atom is 0.175 e. The van der Waals surface area contributed by atoms with Crippen molar-refractivity contribution in [2.45, 2.75) is 17.9 Å². The monoisotopic (exact) mass is 324 g/mol. The minimum Gasteiger partial charge on any atom is -0.312 e. The molecule has 6 heteroatoms. The molecule has 0 aliphatic heterocycles. The molecule has 0 bridgehead atoms. The van der Waals surface area contributed by atoms with Crippen LogP contribution in [0.4, 0.5) is 0 Å². The SMILES string of the molecule is CS(=O)(=O)c1cccc(Cl)c1CNCCc1cccnc1. The van der Waals surface area contributed by atoms with Gasteiger partial charge in [0.05, 0.1) is 4.90 Å². The van der Waals surface area contributed by atoms with Gasteiger partial charge in [0.2, 0.25) is 0 Å². The second kappa shape index (κ2) is 7.02. The van der Waals surface area contributed by atoms with E-state index in [2.05, 4.69) is 10.3 Å². The minimum absolute atomic E-state index is 0.281. The van der Waals surface area contributed by atoms with Crippen LogP contribution in [0.3, 0.4) is 0 Å². The van der Waals surface area contributed by atoms with E-state index in [0.717, 1.165) is 18.5 Å². The highest BCUT2D eigenvalue weighted by Gasteiger charge is 2.15. The molecule has 0 aliphatic carbocycles. The Morgan fingerprint density at radius 2 is 2.05 bits per heavy atom. The molecule has 4 nitrogen and oxygen atoms in total. The van der Waals surface area contributed by atoms with E-state index < -0.39 is 9.84 Å². The molecule has 0 aliphatic rings. The first-order valence-corrected chi connectivity index (χ1v) is 8.82. The maximum absolute atomic E-state index is 11.8. The van der Waals surface area contributed by atoms with Crippen LogP contribution in [-0.2, 0) is 22.8 Å². The number of aromatic nitrogens is 1. The quantitative estimate of drug-likeness (QED) is 0.829. The van der Waals surface area contributed by atoms with Gasteiger partial charge < -0.3 is 5.32 Å². The molecule has 1 aromatic carbocycles. The van der Waals surface area contributed by atoms with Gasteiger partial charge >= 0.3 is 0 Å². The Kier molecular flexibility index (Phi) is 5.33. The number of nitrogens with zero attached hydrogens (tertiary/aromatic N) is 1. The van der Waals surface area contributed by atoms with Gasteiger partial charge in [-0.1, -0.05) is 23.7 Å². The fourth-order valence-electron chi connectivity index (χ4n) is 2.05. The minimum atomic E-state index is -3.28. The molecule has 0 spiro atoms. The summed E-state index contributed by atoms with van der Waals surface area (Å²) in [4.78, 5) is 4.34. The van der Waals surface area contributed by atoms with Crippen molar-refractivity contribution in [3.05, 3.63) is 58.9 Å². The van der Waals surface area contributed by atoms with E-state index in [1.165, 1.54) is 6.26 Å². The van der Waals surface area contributed by atoms with Crippen molar-refractivity contribution in [1.29, 1.82) is 0 Å². The number of nitrogens with one attached hydrogen (secondary N) is 1. The zero-order valence-corrected chi connectivity index (χ0v) is 13.3. The summed E-state index contributed by atoms with van der Waals surface area (Å²) in [5.74, 6) is 0. The van der Waals surface area contributed by atoms with E-state index in [9.17, 15) is 8.42 Å². The third-order valence-corrected chi connectivity index (χ3v) is 4.63. The first-order chi connectivity index (χ1) is 9.98.